The van der Waals surface area contributed by atoms with Gasteiger partial charge >= 0.3 is 0 Å². The smallest absolute Gasteiger partial charge is 0.195 e. The number of rotatable bonds is 4. The van der Waals surface area contributed by atoms with Gasteiger partial charge in [-0.25, -0.2) is 4.98 Å². The highest BCUT2D eigenvalue weighted by Gasteiger charge is 2.06. The number of nitriles is 1. The van der Waals surface area contributed by atoms with Crippen LogP contribution in [0.3, 0.4) is 0 Å². The molecule has 0 aliphatic rings. The molecule has 1 aromatic heterocycles. The first-order chi connectivity index (χ1) is 10.3. The second kappa shape index (κ2) is 5.68. The summed E-state index contributed by atoms with van der Waals surface area (Å²) in [5.41, 5.74) is 3.05. The van der Waals surface area contributed by atoms with E-state index in [-0.39, 0.29) is 0 Å². The predicted octanol–water partition coefficient (Wildman–Crippen LogP) is 3.84. The van der Waals surface area contributed by atoms with Gasteiger partial charge in [0.25, 0.3) is 0 Å². The zero-order chi connectivity index (χ0) is 14.7. The largest absolute Gasteiger partial charge is 0.489 e. The number of benzene rings is 2. The number of ether oxygens (including phenoxy) is 1. The first-order valence-electron chi connectivity index (χ1n) is 6.80. The number of hydrogen-bond acceptors (Lipinski definition) is 4. The van der Waals surface area contributed by atoms with Gasteiger partial charge in [0.2, 0.25) is 0 Å². The van der Waals surface area contributed by atoms with E-state index in [2.05, 4.69) is 11.1 Å². The first-order valence-corrected chi connectivity index (χ1v) is 6.80. The lowest BCUT2D eigenvalue weighted by atomic mass is 10.1. The number of oxazole rings is 1. The Morgan fingerprint density at radius 1 is 1.24 bits per heavy atom. The van der Waals surface area contributed by atoms with E-state index in [1.54, 1.807) is 6.07 Å². The van der Waals surface area contributed by atoms with Crippen LogP contribution in [0, 0.1) is 11.3 Å². The van der Waals surface area contributed by atoms with E-state index in [0.717, 1.165) is 29.0 Å². The lowest BCUT2D eigenvalue weighted by Crippen LogP contribution is -1.97. The SMILES string of the molecule is CCc1nc2cc(OCc3ccccc3C#N)ccc2o1. The van der Waals surface area contributed by atoms with Crippen molar-refractivity contribution >= 4 is 11.1 Å². The zero-order valence-electron chi connectivity index (χ0n) is 11.7. The topological polar surface area (TPSA) is 59.0 Å². The molecule has 0 bridgehead atoms. The highest BCUT2D eigenvalue weighted by Crippen LogP contribution is 2.22. The Balaban J connectivity index is 1.80. The van der Waals surface area contributed by atoms with E-state index >= 15 is 0 Å². The Bertz CT molecular complexity index is 815. The molecule has 0 unspecified atom stereocenters. The van der Waals surface area contributed by atoms with Gasteiger partial charge in [-0.15, -0.1) is 0 Å². The van der Waals surface area contributed by atoms with Crippen molar-refractivity contribution in [2.45, 2.75) is 20.0 Å². The van der Waals surface area contributed by atoms with E-state index < -0.39 is 0 Å². The van der Waals surface area contributed by atoms with Crippen molar-refractivity contribution in [2.24, 2.45) is 0 Å². The Labute approximate surface area is 122 Å². The molecule has 3 aromatic rings. The maximum absolute atomic E-state index is 9.06. The van der Waals surface area contributed by atoms with Gasteiger partial charge in [0.05, 0.1) is 11.6 Å². The summed E-state index contributed by atoms with van der Waals surface area (Å²) in [4.78, 5) is 4.38. The third kappa shape index (κ3) is 2.72. The summed E-state index contributed by atoms with van der Waals surface area (Å²) in [5, 5.41) is 9.06. The average molecular weight is 278 g/mol. The lowest BCUT2D eigenvalue weighted by molar-refractivity contribution is 0.306. The Kier molecular flexibility index (Phi) is 3.57. The van der Waals surface area contributed by atoms with Gasteiger partial charge in [0, 0.05) is 18.1 Å². The minimum absolute atomic E-state index is 0.355. The molecule has 2 aromatic carbocycles. The zero-order valence-corrected chi connectivity index (χ0v) is 11.7. The molecule has 1 heterocycles. The van der Waals surface area contributed by atoms with Crippen molar-refractivity contribution in [1.29, 1.82) is 5.26 Å². The number of hydrogen-bond donors (Lipinski definition) is 0. The van der Waals surface area contributed by atoms with Crippen LogP contribution in [0.2, 0.25) is 0 Å². The number of fused-ring (bicyclic) bond motifs is 1. The van der Waals surface area contributed by atoms with Gasteiger partial charge < -0.3 is 9.15 Å². The van der Waals surface area contributed by atoms with Crippen molar-refractivity contribution in [2.75, 3.05) is 0 Å². The summed E-state index contributed by atoms with van der Waals surface area (Å²) < 4.78 is 11.3. The molecule has 0 amide bonds. The molecule has 0 N–H and O–H groups in total. The molecule has 104 valence electrons. The molecule has 0 saturated heterocycles. The molecule has 0 spiro atoms. The van der Waals surface area contributed by atoms with Gasteiger partial charge in [0.15, 0.2) is 11.5 Å². The molecule has 0 aliphatic heterocycles. The molecule has 0 fully saturated rings. The normalized spacial score (nSPS) is 10.5. The monoisotopic (exact) mass is 278 g/mol. The standard InChI is InChI=1S/C17H14N2O2/c1-2-17-19-15-9-14(7-8-16(15)21-17)20-11-13-6-4-3-5-12(13)10-18/h3-9H,2,11H2,1H3. The van der Waals surface area contributed by atoms with Crippen LogP contribution in [0.25, 0.3) is 11.1 Å². The van der Waals surface area contributed by atoms with Gasteiger partial charge in [0.1, 0.15) is 17.9 Å². The van der Waals surface area contributed by atoms with Gasteiger partial charge in [-0.05, 0) is 18.2 Å². The van der Waals surface area contributed by atoms with E-state index in [1.165, 1.54) is 0 Å². The maximum Gasteiger partial charge on any atom is 0.195 e. The minimum atomic E-state index is 0.355. The average Bonchev–Trinajstić information content (AvgIpc) is 2.95. The van der Waals surface area contributed by atoms with Crippen LogP contribution in [0.5, 0.6) is 5.75 Å². The summed E-state index contributed by atoms with van der Waals surface area (Å²) in [5.74, 6) is 1.43. The van der Waals surface area contributed by atoms with Crippen molar-refractivity contribution in [3.8, 4) is 11.8 Å². The second-order valence-corrected chi connectivity index (χ2v) is 4.65. The van der Waals surface area contributed by atoms with Crippen molar-refractivity contribution < 1.29 is 9.15 Å². The van der Waals surface area contributed by atoms with Crippen LogP contribution in [-0.2, 0) is 13.0 Å². The molecular formula is C17H14N2O2. The van der Waals surface area contributed by atoms with Gasteiger partial charge in [-0.2, -0.15) is 5.26 Å². The van der Waals surface area contributed by atoms with E-state index in [4.69, 9.17) is 14.4 Å². The molecule has 21 heavy (non-hydrogen) atoms. The number of aromatic nitrogens is 1. The molecule has 0 atom stereocenters. The van der Waals surface area contributed by atoms with Crippen molar-refractivity contribution in [3.05, 3.63) is 59.5 Å². The van der Waals surface area contributed by atoms with E-state index in [0.29, 0.717) is 17.9 Å². The Morgan fingerprint density at radius 3 is 2.90 bits per heavy atom. The van der Waals surface area contributed by atoms with Crippen LogP contribution in [0.1, 0.15) is 23.9 Å². The second-order valence-electron chi connectivity index (χ2n) is 4.65. The molecule has 4 nitrogen and oxygen atoms in total. The third-order valence-corrected chi connectivity index (χ3v) is 3.24. The third-order valence-electron chi connectivity index (χ3n) is 3.24. The predicted molar refractivity (Wildman–Crippen MR) is 78.9 cm³/mol. The van der Waals surface area contributed by atoms with Crippen molar-refractivity contribution in [3.63, 3.8) is 0 Å². The summed E-state index contributed by atoms with van der Waals surface area (Å²) in [6.45, 7) is 2.36. The van der Waals surface area contributed by atoms with E-state index in [1.807, 2.05) is 43.3 Å². The Morgan fingerprint density at radius 2 is 2.10 bits per heavy atom. The number of aryl methyl sites for hydroxylation is 1. The van der Waals surface area contributed by atoms with Crippen LogP contribution >= 0.6 is 0 Å². The van der Waals surface area contributed by atoms with Crippen molar-refractivity contribution in [1.82, 2.24) is 4.98 Å². The summed E-state index contributed by atoms with van der Waals surface area (Å²) >= 11 is 0. The molecule has 0 aliphatic carbocycles. The fraction of sp³-hybridized carbons (Fsp3) is 0.176. The fourth-order valence-corrected chi connectivity index (χ4v) is 2.11. The van der Waals surface area contributed by atoms with Crippen LogP contribution in [-0.4, -0.2) is 4.98 Å². The summed E-state index contributed by atoms with van der Waals surface area (Å²) in [7, 11) is 0. The fourth-order valence-electron chi connectivity index (χ4n) is 2.11. The lowest BCUT2D eigenvalue weighted by Gasteiger charge is -2.07. The molecule has 0 saturated carbocycles. The minimum Gasteiger partial charge on any atom is -0.489 e. The van der Waals surface area contributed by atoms with Crippen LogP contribution in [0.4, 0.5) is 0 Å². The van der Waals surface area contributed by atoms with E-state index in [9.17, 15) is 0 Å². The Hall–Kier alpha value is -2.80. The number of nitrogens with zero attached hydrogens (tertiary/aromatic N) is 2. The molecule has 4 heteroatoms. The summed E-state index contributed by atoms with van der Waals surface area (Å²) in [6.07, 6.45) is 0.764. The quantitative estimate of drug-likeness (QED) is 0.727. The van der Waals surface area contributed by atoms with Crippen LogP contribution < -0.4 is 4.74 Å². The highest BCUT2D eigenvalue weighted by atomic mass is 16.5. The first kappa shape index (κ1) is 13.2. The molecule has 3 rings (SSSR count). The maximum atomic E-state index is 9.06. The van der Waals surface area contributed by atoms with Gasteiger partial charge in [-0.3, -0.25) is 0 Å². The summed E-state index contributed by atoms with van der Waals surface area (Å²) in [6, 6.07) is 15.1. The molecular weight excluding hydrogens is 264 g/mol. The van der Waals surface area contributed by atoms with Gasteiger partial charge in [-0.1, -0.05) is 25.1 Å². The van der Waals surface area contributed by atoms with Crippen LogP contribution in [0.15, 0.2) is 46.9 Å². The highest BCUT2D eigenvalue weighted by molar-refractivity contribution is 5.74. The molecule has 0 radical (unpaired) electrons.